The first-order valence-electron chi connectivity index (χ1n) is 8.70. The maximum atomic E-state index is 4.58. The first-order chi connectivity index (χ1) is 10.5. The van der Waals surface area contributed by atoms with Crippen LogP contribution in [-0.2, 0) is 0 Å². The fourth-order valence-electron chi connectivity index (χ4n) is 3.69. The predicted octanol–water partition coefficient (Wildman–Crippen LogP) is 4.86. The largest absolute Gasteiger partial charge is 0.371 e. The molecule has 1 aliphatic rings. The minimum absolute atomic E-state index is 0.349. The lowest BCUT2D eigenvalue weighted by Crippen LogP contribution is -2.17. The molecule has 1 unspecified atom stereocenters. The molecule has 0 radical (unpaired) electrons. The van der Waals surface area contributed by atoms with E-state index >= 15 is 0 Å². The lowest BCUT2D eigenvalue weighted by molar-refractivity contribution is 0.336. The zero-order valence-corrected chi connectivity index (χ0v) is 14.5. The Balaban J connectivity index is 1.96. The van der Waals surface area contributed by atoms with Gasteiger partial charge in [-0.2, -0.15) is 5.10 Å². The van der Waals surface area contributed by atoms with Gasteiger partial charge < -0.3 is 4.90 Å². The summed E-state index contributed by atoms with van der Waals surface area (Å²) in [7, 11) is 0. The lowest BCUT2D eigenvalue weighted by atomic mass is 9.80. The molecule has 1 aliphatic heterocycles. The summed E-state index contributed by atoms with van der Waals surface area (Å²) in [6.07, 6.45) is 9.22. The normalized spacial score (nSPS) is 17.4. The Bertz CT molecular complexity index is 630. The molecule has 1 atom stereocenters. The molecule has 0 aromatic carbocycles. The van der Waals surface area contributed by atoms with Crippen LogP contribution in [0.4, 0.5) is 5.69 Å². The van der Waals surface area contributed by atoms with Crippen molar-refractivity contribution in [3.63, 3.8) is 0 Å². The quantitative estimate of drug-likeness (QED) is 0.803. The number of fused-ring (bicyclic) bond motifs is 1. The van der Waals surface area contributed by atoms with Gasteiger partial charge in [0, 0.05) is 30.5 Å². The SMILES string of the molecule is CCC(CC(C)(C)C)c1cnn2ccc(N3CCCC3)cc12. The Morgan fingerprint density at radius 3 is 2.59 bits per heavy atom. The summed E-state index contributed by atoms with van der Waals surface area (Å²) in [6, 6.07) is 4.55. The van der Waals surface area contributed by atoms with Crippen LogP contribution in [-0.4, -0.2) is 22.7 Å². The van der Waals surface area contributed by atoms with E-state index in [0.29, 0.717) is 11.3 Å². The third kappa shape index (κ3) is 3.13. The van der Waals surface area contributed by atoms with Crippen LogP contribution in [0.3, 0.4) is 0 Å². The topological polar surface area (TPSA) is 20.5 Å². The molecule has 1 saturated heterocycles. The fraction of sp³-hybridized carbons (Fsp3) is 0.632. The number of aromatic nitrogens is 2. The van der Waals surface area contributed by atoms with Crippen molar-refractivity contribution in [1.82, 2.24) is 9.61 Å². The van der Waals surface area contributed by atoms with Crippen molar-refractivity contribution >= 4 is 11.2 Å². The summed E-state index contributed by atoms with van der Waals surface area (Å²) in [5.74, 6) is 0.589. The monoisotopic (exact) mass is 299 g/mol. The van der Waals surface area contributed by atoms with Crippen molar-refractivity contribution in [1.29, 1.82) is 0 Å². The number of rotatable bonds is 4. The number of pyridine rings is 1. The number of nitrogens with zero attached hydrogens (tertiary/aromatic N) is 3. The van der Waals surface area contributed by atoms with E-state index in [9.17, 15) is 0 Å². The standard InChI is InChI=1S/C19H29N3/c1-5-15(13-19(2,3)4)17-14-20-22-11-8-16(12-18(17)22)21-9-6-7-10-21/h8,11-12,14-15H,5-7,9-10,13H2,1-4H3. The van der Waals surface area contributed by atoms with Crippen molar-refractivity contribution in [2.24, 2.45) is 5.41 Å². The summed E-state index contributed by atoms with van der Waals surface area (Å²) < 4.78 is 2.04. The molecule has 0 amide bonds. The molecule has 1 fully saturated rings. The van der Waals surface area contributed by atoms with E-state index in [4.69, 9.17) is 0 Å². The Labute approximate surface area is 134 Å². The van der Waals surface area contributed by atoms with Crippen LogP contribution >= 0.6 is 0 Å². The van der Waals surface area contributed by atoms with E-state index in [1.807, 2.05) is 4.52 Å². The minimum Gasteiger partial charge on any atom is -0.371 e. The van der Waals surface area contributed by atoms with E-state index in [1.165, 1.54) is 55.5 Å². The van der Waals surface area contributed by atoms with Crippen LogP contribution in [0.25, 0.3) is 5.52 Å². The van der Waals surface area contributed by atoms with E-state index in [-0.39, 0.29) is 0 Å². The second kappa shape index (κ2) is 5.94. The zero-order chi connectivity index (χ0) is 15.7. The smallest absolute Gasteiger partial charge is 0.0716 e. The summed E-state index contributed by atoms with van der Waals surface area (Å²) in [6.45, 7) is 11.7. The molecule has 2 aromatic rings. The molecule has 3 nitrogen and oxygen atoms in total. The zero-order valence-electron chi connectivity index (χ0n) is 14.5. The summed E-state index contributed by atoms with van der Waals surface area (Å²) in [5.41, 5.74) is 4.41. The average Bonchev–Trinajstić information content (AvgIpc) is 3.12. The first-order valence-corrected chi connectivity index (χ1v) is 8.70. The average molecular weight is 299 g/mol. The molecular weight excluding hydrogens is 270 g/mol. The third-order valence-electron chi connectivity index (χ3n) is 4.80. The van der Waals surface area contributed by atoms with Crippen molar-refractivity contribution in [3.8, 4) is 0 Å². The predicted molar refractivity (Wildman–Crippen MR) is 93.7 cm³/mol. The fourth-order valence-corrected chi connectivity index (χ4v) is 3.69. The Morgan fingerprint density at radius 1 is 1.23 bits per heavy atom. The van der Waals surface area contributed by atoms with Crippen LogP contribution in [0, 0.1) is 5.41 Å². The maximum absolute atomic E-state index is 4.58. The van der Waals surface area contributed by atoms with E-state index in [1.54, 1.807) is 0 Å². The summed E-state index contributed by atoms with van der Waals surface area (Å²) >= 11 is 0. The Morgan fingerprint density at radius 2 is 1.95 bits per heavy atom. The van der Waals surface area contributed by atoms with Crippen molar-refractivity contribution in [2.75, 3.05) is 18.0 Å². The maximum Gasteiger partial charge on any atom is 0.0716 e. The van der Waals surface area contributed by atoms with Crippen molar-refractivity contribution in [2.45, 2.75) is 59.3 Å². The molecule has 3 heterocycles. The number of hydrogen-bond donors (Lipinski definition) is 0. The molecule has 3 rings (SSSR count). The summed E-state index contributed by atoms with van der Waals surface area (Å²) in [4.78, 5) is 2.50. The van der Waals surface area contributed by atoms with Gasteiger partial charge in [0.25, 0.3) is 0 Å². The highest BCUT2D eigenvalue weighted by Gasteiger charge is 2.22. The van der Waals surface area contributed by atoms with Gasteiger partial charge in [-0.1, -0.05) is 27.7 Å². The highest BCUT2D eigenvalue weighted by atomic mass is 15.2. The van der Waals surface area contributed by atoms with Gasteiger partial charge in [-0.05, 0) is 49.1 Å². The van der Waals surface area contributed by atoms with Gasteiger partial charge in [-0.15, -0.1) is 0 Å². The Hall–Kier alpha value is -1.51. The highest BCUT2D eigenvalue weighted by molar-refractivity contribution is 5.64. The van der Waals surface area contributed by atoms with Gasteiger partial charge in [-0.3, -0.25) is 0 Å². The molecule has 22 heavy (non-hydrogen) atoms. The molecular formula is C19H29N3. The molecule has 0 saturated carbocycles. The first kappa shape index (κ1) is 15.4. The molecule has 2 aromatic heterocycles. The van der Waals surface area contributed by atoms with E-state index < -0.39 is 0 Å². The second-order valence-electron chi connectivity index (χ2n) is 7.88. The summed E-state index contributed by atoms with van der Waals surface area (Å²) in [5, 5.41) is 4.58. The van der Waals surface area contributed by atoms with Crippen LogP contribution < -0.4 is 4.90 Å². The number of anilines is 1. The van der Waals surface area contributed by atoms with Crippen LogP contribution in [0.2, 0.25) is 0 Å². The van der Waals surface area contributed by atoms with Gasteiger partial charge in [0.05, 0.1) is 11.7 Å². The molecule has 0 bridgehead atoms. The van der Waals surface area contributed by atoms with Gasteiger partial charge in [0.15, 0.2) is 0 Å². The van der Waals surface area contributed by atoms with Crippen LogP contribution in [0.1, 0.15) is 64.9 Å². The van der Waals surface area contributed by atoms with Gasteiger partial charge in [0.2, 0.25) is 0 Å². The molecule has 120 valence electrons. The van der Waals surface area contributed by atoms with E-state index in [0.717, 1.165) is 0 Å². The molecule has 0 spiro atoms. The van der Waals surface area contributed by atoms with Crippen LogP contribution in [0.15, 0.2) is 24.5 Å². The van der Waals surface area contributed by atoms with Gasteiger partial charge >= 0.3 is 0 Å². The van der Waals surface area contributed by atoms with Gasteiger partial charge in [-0.25, -0.2) is 4.52 Å². The van der Waals surface area contributed by atoms with Crippen molar-refractivity contribution < 1.29 is 0 Å². The van der Waals surface area contributed by atoms with Gasteiger partial charge in [0.1, 0.15) is 0 Å². The lowest BCUT2D eigenvalue weighted by Gasteiger charge is -2.25. The molecule has 0 N–H and O–H groups in total. The molecule has 3 heteroatoms. The molecule has 0 aliphatic carbocycles. The minimum atomic E-state index is 0.349. The van der Waals surface area contributed by atoms with Crippen molar-refractivity contribution in [3.05, 3.63) is 30.1 Å². The highest BCUT2D eigenvalue weighted by Crippen LogP contribution is 2.36. The van der Waals surface area contributed by atoms with Crippen LogP contribution in [0.5, 0.6) is 0 Å². The number of hydrogen-bond acceptors (Lipinski definition) is 2. The Kier molecular flexibility index (Phi) is 4.16. The second-order valence-corrected chi connectivity index (χ2v) is 7.88. The van der Waals surface area contributed by atoms with E-state index in [2.05, 4.69) is 62.2 Å². The third-order valence-corrected chi connectivity index (χ3v) is 4.80.